The van der Waals surface area contributed by atoms with Crippen molar-refractivity contribution in [3.05, 3.63) is 16.4 Å². The maximum Gasteiger partial charge on any atom is 0.0850 e. The van der Waals surface area contributed by atoms with Crippen molar-refractivity contribution < 1.29 is 5.11 Å². The fraction of sp³-hybridized carbons (Fsp3) is 0.800. The quantitative estimate of drug-likeness (QED) is 0.922. The van der Waals surface area contributed by atoms with Crippen LogP contribution in [0.15, 0.2) is 0 Å². The van der Waals surface area contributed by atoms with Crippen molar-refractivity contribution in [3.8, 4) is 0 Å². The largest absolute Gasteiger partial charge is 0.389 e. The molecule has 4 heteroatoms. The molecule has 0 bridgehead atoms. The first kappa shape index (κ1) is 14.9. The van der Waals surface area contributed by atoms with Gasteiger partial charge in [-0.15, -0.1) is 0 Å². The Labute approximate surface area is 121 Å². The average molecular weight is 285 g/mol. The number of aromatic nitrogens is 2. The first-order chi connectivity index (χ1) is 8.81. The summed E-state index contributed by atoms with van der Waals surface area (Å²) in [6.45, 7) is 6.38. The van der Waals surface area contributed by atoms with Crippen LogP contribution in [0.4, 0.5) is 0 Å². The van der Waals surface area contributed by atoms with Crippen molar-refractivity contribution in [2.24, 2.45) is 12.5 Å². The van der Waals surface area contributed by atoms with Crippen molar-refractivity contribution in [2.45, 2.75) is 64.9 Å². The minimum atomic E-state index is -0.673. The summed E-state index contributed by atoms with van der Waals surface area (Å²) in [5, 5.41) is 16.3. The van der Waals surface area contributed by atoms with E-state index >= 15 is 0 Å². The Morgan fingerprint density at radius 2 is 1.95 bits per heavy atom. The molecule has 1 aliphatic rings. The lowest BCUT2D eigenvalue weighted by molar-refractivity contribution is -0.0968. The van der Waals surface area contributed by atoms with Crippen molar-refractivity contribution >= 4 is 11.6 Å². The standard InChI is InChI=1S/C15H25ClN2O/c1-5-11-13(16)12(18(4)17-11)10-15(19)9-7-6-8-14(15,2)3/h19H,5-10H2,1-4H3. The lowest BCUT2D eigenvalue weighted by Crippen LogP contribution is -2.49. The maximum absolute atomic E-state index is 11.1. The van der Waals surface area contributed by atoms with Crippen LogP contribution < -0.4 is 0 Å². The number of halogens is 1. The molecule has 1 N–H and O–H groups in total. The number of aryl methyl sites for hydroxylation is 2. The second-order valence-corrected chi connectivity index (χ2v) is 6.86. The van der Waals surface area contributed by atoms with Crippen LogP contribution in [-0.2, 0) is 19.9 Å². The molecule has 1 aromatic heterocycles. The van der Waals surface area contributed by atoms with E-state index in [2.05, 4.69) is 25.9 Å². The molecular formula is C15H25ClN2O. The predicted octanol–water partition coefficient (Wildman–Crippen LogP) is 3.51. The van der Waals surface area contributed by atoms with Crippen LogP contribution in [-0.4, -0.2) is 20.5 Å². The normalized spacial score (nSPS) is 26.6. The van der Waals surface area contributed by atoms with Gasteiger partial charge in [0, 0.05) is 13.5 Å². The molecule has 0 amide bonds. The smallest absolute Gasteiger partial charge is 0.0850 e. The average Bonchev–Trinajstić information content (AvgIpc) is 2.60. The Bertz CT molecular complexity index is 467. The van der Waals surface area contributed by atoms with E-state index in [-0.39, 0.29) is 5.41 Å². The van der Waals surface area contributed by atoms with Crippen molar-refractivity contribution in [2.75, 3.05) is 0 Å². The molecule has 0 spiro atoms. The first-order valence-corrected chi connectivity index (χ1v) is 7.61. The first-order valence-electron chi connectivity index (χ1n) is 7.23. The van der Waals surface area contributed by atoms with Crippen LogP contribution in [0.2, 0.25) is 5.02 Å². The van der Waals surface area contributed by atoms with Gasteiger partial charge in [-0.05, 0) is 24.7 Å². The Kier molecular flexibility index (Phi) is 3.99. The summed E-state index contributed by atoms with van der Waals surface area (Å²) < 4.78 is 1.84. The highest BCUT2D eigenvalue weighted by Crippen LogP contribution is 2.46. The van der Waals surface area contributed by atoms with E-state index in [1.807, 2.05) is 11.7 Å². The zero-order chi connectivity index (χ0) is 14.3. The van der Waals surface area contributed by atoms with Gasteiger partial charge in [0.2, 0.25) is 0 Å². The summed E-state index contributed by atoms with van der Waals surface area (Å²) >= 11 is 6.41. The number of rotatable bonds is 3. The van der Waals surface area contributed by atoms with E-state index in [9.17, 15) is 5.11 Å². The molecule has 1 saturated carbocycles. The van der Waals surface area contributed by atoms with Gasteiger partial charge in [0.05, 0.1) is 22.0 Å². The van der Waals surface area contributed by atoms with Gasteiger partial charge >= 0.3 is 0 Å². The molecule has 1 atom stereocenters. The maximum atomic E-state index is 11.1. The highest BCUT2D eigenvalue weighted by Gasteiger charge is 2.45. The molecule has 1 heterocycles. The van der Waals surface area contributed by atoms with E-state index < -0.39 is 5.60 Å². The molecule has 0 saturated heterocycles. The van der Waals surface area contributed by atoms with Gasteiger partial charge in [-0.25, -0.2) is 0 Å². The second-order valence-electron chi connectivity index (χ2n) is 6.48. The van der Waals surface area contributed by atoms with Crippen molar-refractivity contribution in [1.29, 1.82) is 0 Å². The summed E-state index contributed by atoms with van der Waals surface area (Å²) in [7, 11) is 1.92. The zero-order valence-electron chi connectivity index (χ0n) is 12.5. The van der Waals surface area contributed by atoms with E-state index in [1.54, 1.807) is 0 Å². The van der Waals surface area contributed by atoms with Crippen LogP contribution in [0, 0.1) is 5.41 Å². The summed E-state index contributed by atoms with van der Waals surface area (Å²) in [5.74, 6) is 0. The Balaban J connectivity index is 2.32. The van der Waals surface area contributed by atoms with Gasteiger partial charge < -0.3 is 5.11 Å². The third-order valence-corrected chi connectivity index (χ3v) is 5.30. The van der Waals surface area contributed by atoms with E-state index in [4.69, 9.17) is 11.6 Å². The van der Waals surface area contributed by atoms with Crippen LogP contribution >= 0.6 is 11.6 Å². The van der Waals surface area contributed by atoms with Gasteiger partial charge in [-0.3, -0.25) is 4.68 Å². The van der Waals surface area contributed by atoms with Gasteiger partial charge in [0.25, 0.3) is 0 Å². The van der Waals surface area contributed by atoms with Crippen LogP contribution in [0.1, 0.15) is 57.8 Å². The molecular weight excluding hydrogens is 260 g/mol. The Hall–Kier alpha value is -0.540. The van der Waals surface area contributed by atoms with Crippen molar-refractivity contribution in [1.82, 2.24) is 9.78 Å². The highest BCUT2D eigenvalue weighted by atomic mass is 35.5. The third kappa shape index (κ3) is 2.55. The zero-order valence-corrected chi connectivity index (χ0v) is 13.2. The lowest BCUT2D eigenvalue weighted by Gasteiger charge is -2.46. The molecule has 0 aromatic carbocycles. The summed E-state index contributed by atoms with van der Waals surface area (Å²) in [6.07, 6.45) is 5.64. The number of aliphatic hydroxyl groups is 1. The van der Waals surface area contributed by atoms with Gasteiger partial charge in [0.15, 0.2) is 0 Å². The van der Waals surface area contributed by atoms with Gasteiger partial charge in [-0.2, -0.15) is 5.10 Å². The van der Waals surface area contributed by atoms with Crippen LogP contribution in [0.25, 0.3) is 0 Å². The third-order valence-electron chi connectivity index (χ3n) is 4.86. The van der Waals surface area contributed by atoms with E-state index in [0.29, 0.717) is 6.42 Å². The monoisotopic (exact) mass is 284 g/mol. The SMILES string of the molecule is CCc1nn(C)c(CC2(O)CCCCC2(C)C)c1Cl. The molecule has 3 nitrogen and oxygen atoms in total. The Morgan fingerprint density at radius 1 is 1.32 bits per heavy atom. The fourth-order valence-electron chi connectivity index (χ4n) is 3.17. The molecule has 108 valence electrons. The van der Waals surface area contributed by atoms with Crippen LogP contribution in [0.5, 0.6) is 0 Å². The molecule has 19 heavy (non-hydrogen) atoms. The topological polar surface area (TPSA) is 38.0 Å². The fourth-order valence-corrected chi connectivity index (χ4v) is 3.53. The molecule has 0 radical (unpaired) electrons. The van der Waals surface area contributed by atoms with Crippen LogP contribution in [0.3, 0.4) is 0 Å². The molecule has 1 aliphatic carbocycles. The summed E-state index contributed by atoms with van der Waals surface area (Å²) in [6, 6.07) is 0. The molecule has 1 unspecified atom stereocenters. The molecule has 2 rings (SSSR count). The molecule has 1 aromatic rings. The second kappa shape index (κ2) is 5.10. The van der Waals surface area contributed by atoms with E-state index in [1.165, 1.54) is 6.42 Å². The van der Waals surface area contributed by atoms with Gasteiger partial charge in [0.1, 0.15) is 0 Å². The minimum absolute atomic E-state index is 0.0643. The summed E-state index contributed by atoms with van der Waals surface area (Å²) in [5.41, 5.74) is 1.16. The van der Waals surface area contributed by atoms with Crippen molar-refractivity contribution in [3.63, 3.8) is 0 Å². The number of nitrogens with zero attached hydrogens (tertiary/aromatic N) is 2. The predicted molar refractivity (Wildman–Crippen MR) is 78.5 cm³/mol. The van der Waals surface area contributed by atoms with Gasteiger partial charge in [-0.1, -0.05) is 45.2 Å². The number of hydrogen-bond donors (Lipinski definition) is 1. The summed E-state index contributed by atoms with van der Waals surface area (Å²) in [4.78, 5) is 0. The molecule has 1 fully saturated rings. The molecule has 0 aliphatic heterocycles. The number of hydrogen-bond acceptors (Lipinski definition) is 2. The lowest BCUT2D eigenvalue weighted by atomic mass is 9.63. The van der Waals surface area contributed by atoms with E-state index in [0.717, 1.165) is 42.1 Å². The minimum Gasteiger partial charge on any atom is -0.389 e. The Morgan fingerprint density at radius 3 is 2.47 bits per heavy atom. The highest BCUT2D eigenvalue weighted by molar-refractivity contribution is 6.31.